The number of hydrogen-bond donors (Lipinski definition) is 2. The Bertz CT molecular complexity index is 336. The zero-order chi connectivity index (χ0) is 12.9. The fourth-order valence-electron chi connectivity index (χ4n) is 1.65. The maximum Gasteiger partial charge on any atom is 0.0926 e. The van der Waals surface area contributed by atoms with Gasteiger partial charge in [-0.2, -0.15) is 0 Å². The Morgan fingerprint density at radius 2 is 2.24 bits per heavy atom. The van der Waals surface area contributed by atoms with E-state index >= 15 is 0 Å². The summed E-state index contributed by atoms with van der Waals surface area (Å²) in [4.78, 5) is 4.49. The molecule has 0 aromatic carbocycles. The molecule has 0 saturated carbocycles. The number of thiazole rings is 1. The van der Waals surface area contributed by atoms with E-state index in [-0.39, 0.29) is 0 Å². The number of nitrogens with zero attached hydrogens (tertiary/aromatic N) is 1. The molecule has 17 heavy (non-hydrogen) atoms. The van der Waals surface area contributed by atoms with E-state index in [4.69, 9.17) is 0 Å². The molecule has 1 aromatic rings. The maximum absolute atomic E-state index is 10.2. The van der Waals surface area contributed by atoms with Gasteiger partial charge in [-0.15, -0.1) is 11.3 Å². The maximum atomic E-state index is 10.2. The van der Waals surface area contributed by atoms with Crippen LogP contribution in [0.4, 0.5) is 0 Å². The first-order valence-corrected chi connectivity index (χ1v) is 7.24. The van der Waals surface area contributed by atoms with E-state index in [1.807, 2.05) is 6.92 Å². The van der Waals surface area contributed by atoms with Gasteiger partial charge < -0.3 is 10.4 Å². The van der Waals surface area contributed by atoms with E-state index in [9.17, 15) is 5.11 Å². The summed E-state index contributed by atoms with van der Waals surface area (Å²) in [7, 11) is 0. The highest BCUT2D eigenvalue weighted by atomic mass is 32.1. The Balaban J connectivity index is 2.36. The van der Waals surface area contributed by atoms with E-state index in [2.05, 4.69) is 36.5 Å². The number of nitrogens with one attached hydrogen (secondary N) is 1. The van der Waals surface area contributed by atoms with Crippen LogP contribution in [-0.2, 0) is 13.0 Å². The monoisotopic (exact) mass is 256 g/mol. The summed E-state index contributed by atoms with van der Waals surface area (Å²) in [5.41, 5.74) is 0.435. The SMILES string of the molecule is CCc1nc(CNCC(C)(O)C(C)CC)cs1. The minimum Gasteiger partial charge on any atom is -0.389 e. The second-order valence-electron chi connectivity index (χ2n) is 4.86. The molecular weight excluding hydrogens is 232 g/mol. The lowest BCUT2D eigenvalue weighted by Crippen LogP contribution is -2.42. The molecule has 0 radical (unpaired) electrons. The smallest absolute Gasteiger partial charge is 0.0926 e. The zero-order valence-corrected chi connectivity index (χ0v) is 12.1. The van der Waals surface area contributed by atoms with Gasteiger partial charge in [-0.05, 0) is 19.3 Å². The molecular formula is C13H24N2OS. The first kappa shape index (κ1) is 14.6. The topological polar surface area (TPSA) is 45.2 Å². The van der Waals surface area contributed by atoms with Gasteiger partial charge in [-0.3, -0.25) is 0 Å². The van der Waals surface area contributed by atoms with Crippen molar-refractivity contribution < 1.29 is 5.11 Å². The van der Waals surface area contributed by atoms with Gasteiger partial charge >= 0.3 is 0 Å². The lowest BCUT2D eigenvalue weighted by Gasteiger charge is -2.29. The lowest BCUT2D eigenvalue weighted by atomic mass is 9.89. The van der Waals surface area contributed by atoms with Crippen molar-refractivity contribution >= 4 is 11.3 Å². The molecule has 0 aliphatic carbocycles. The third-order valence-electron chi connectivity index (χ3n) is 3.36. The minimum absolute atomic E-state index is 0.302. The van der Waals surface area contributed by atoms with E-state index in [0.29, 0.717) is 12.5 Å². The van der Waals surface area contributed by atoms with Crippen molar-refractivity contribution in [2.75, 3.05) is 6.54 Å². The predicted octanol–water partition coefficient (Wildman–Crippen LogP) is 2.59. The van der Waals surface area contributed by atoms with Crippen LogP contribution in [0.25, 0.3) is 0 Å². The van der Waals surface area contributed by atoms with Crippen LogP contribution in [0.15, 0.2) is 5.38 Å². The molecule has 2 unspecified atom stereocenters. The molecule has 98 valence electrons. The molecule has 2 N–H and O–H groups in total. The van der Waals surface area contributed by atoms with Crippen molar-refractivity contribution in [3.05, 3.63) is 16.1 Å². The van der Waals surface area contributed by atoms with Crippen molar-refractivity contribution in [1.29, 1.82) is 0 Å². The van der Waals surface area contributed by atoms with Gasteiger partial charge in [0.05, 0.1) is 16.3 Å². The number of rotatable bonds is 7. The summed E-state index contributed by atoms with van der Waals surface area (Å²) < 4.78 is 0. The standard InChI is InChI=1S/C13H24N2OS/c1-5-10(3)13(4,16)9-14-7-11-8-17-12(6-2)15-11/h8,10,14,16H,5-7,9H2,1-4H3. The summed E-state index contributed by atoms with van der Waals surface area (Å²) in [6.07, 6.45) is 1.99. The van der Waals surface area contributed by atoms with Crippen LogP contribution in [0.5, 0.6) is 0 Å². The Labute approximate surface area is 108 Å². The number of hydrogen-bond acceptors (Lipinski definition) is 4. The highest BCUT2D eigenvalue weighted by molar-refractivity contribution is 7.09. The van der Waals surface area contributed by atoms with Crippen LogP contribution >= 0.6 is 11.3 Å². The third kappa shape index (κ3) is 4.37. The van der Waals surface area contributed by atoms with E-state index in [1.54, 1.807) is 11.3 Å². The Morgan fingerprint density at radius 1 is 1.53 bits per heavy atom. The molecule has 0 aliphatic heterocycles. The summed E-state index contributed by atoms with van der Waals surface area (Å²) in [5.74, 6) is 0.302. The summed E-state index contributed by atoms with van der Waals surface area (Å²) in [6.45, 7) is 9.55. The normalized spacial score (nSPS) is 16.8. The summed E-state index contributed by atoms with van der Waals surface area (Å²) >= 11 is 1.70. The van der Waals surface area contributed by atoms with E-state index in [1.165, 1.54) is 5.01 Å². The predicted molar refractivity (Wildman–Crippen MR) is 73.3 cm³/mol. The van der Waals surface area contributed by atoms with Gasteiger partial charge in [0.1, 0.15) is 0 Å². The molecule has 0 saturated heterocycles. The van der Waals surface area contributed by atoms with Gasteiger partial charge in [0.2, 0.25) is 0 Å². The second kappa shape index (κ2) is 6.47. The third-order valence-corrected chi connectivity index (χ3v) is 4.41. The van der Waals surface area contributed by atoms with Crippen LogP contribution in [0.2, 0.25) is 0 Å². The van der Waals surface area contributed by atoms with Crippen LogP contribution in [-0.4, -0.2) is 22.2 Å². The molecule has 4 heteroatoms. The van der Waals surface area contributed by atoms with Gasteiger partial charge in [-0.25, -0.2) is 4.98 Å². The first-order chi connectivity index (χ1) is 7.99. The van der Waals surface area contributed by atoms with Crippen LogP contribution in [0.1, 0.15) is 44.8 Å². The van der Waals surface area contributed by atoms with Crippen molar-refractivity contribution in [3.63, 3.8) is 0 Å². The number of aliphatic hydroxyl groups is 1. The van der Waals surface area contributed by atoms with Crippen molar-refractivity contribution in [1.82, 2.24) is 10.3 Å². The lowest BCUT2D eigenvalue weighted by molar-refractivity contribution is 0.00530. The largest absolute Gasteiger partial charge is 0.389 e. The van der Waals surface area contributed by atoms with Crippen molar-refractivity contribution in [2.45, 2.75) is 52.7 Å². The Morgan fingerprint density at radius 3 is 2.76 bits per heavy atom. The zero-order valence-electron chi connectivity index (χ0n) is 11.3. The van der Waals surface area contributed by atoms with Gasteiger partial charge in [0.25, 0.3) is 0 Å². The van der Waals surface area contributed by atoms with E-state index in [0.717, 1.165) is 25.1 Å². The quantitative estimate of drug-likeness (QED) is 0.788. The molecule has 0 aliphatic rings. The molecule has 0 spiro atoms. The van der Waals surface area contributed by atoms with Crippen molar-refractivity contribution in [2.24, 2.45) is 5.92 Å². The Hall–Kier alpha value is -0.450. The number of aromatic nitrogens is 1. The molecule has 1 aromatic heterocycles. The van der Waals surface area contributed by atoms with Gasteiger partial charge in [0.15, 0.2) is 0 Å². The molecule has 1 heterocycles. The first-order valence-electron chi connectivity index (χ1n) is 6.36. The average molecular weight is 256 g/mol. The van der Waals surface area contributed by atoms with Crippen LogP contribution in [0, 0.1) is 5.92 Å². The average Bonchev–Trinajstić information content (AvgIpc) is 2.75. The summed E-state index contributed by atoms with van der Waals surface area (Å²) in [6, 6.07) is 0. The number of aryl methyl sites for hydroxylation is 1. The van der Waals surface area contributed by atoms with Gasteiger partial charge in [0, 0.05) is 18.5 Å². The van der Waals surface area contributed by atoms with E-state index < -0.39 is 5.60 Å². The van der Waals surface area contributed by atoms with Crippen molar-refractivity contribution in [3.8, 4) is 0 Å². The summed E-state index contributed by atoms with van der Waals surface area (Å²) in [5, 5.41) is 16.8. The minimum atomic E-state index is -0.641. The molecule has 0 amide bonds. The van der Waals surface area contributed by atoms with Crippen LogP contribution in [0.3, 0.4) is 0 Å². The molecule has 2 atom stereocenters. The molecule has 0 bridgehead atoms. The molecule has 3 nitrogen and oxygen atoms in total. The second-order valence-corrected chi connectivity index (χ2v) is 5.80. The Kier molecular flexibility index (Phi) is 5.56. The molecule has 0 fully saturated rings. The fourth-order valence-corrected chi connectivity index (χ4v) is 2.39. The van der Waals surface area contributed by atoms with Crippen LogP contribution < -0.4 is 5.32 Å². The highest BCUT2D eigenvalue weighted by Crippen LogP contribution is 2.19. The highest BCUT2D eigenvalue weighted by Gasteiger charge is 2.26. The fraction of sp³-hybridized carbons (Fsp3) is 0.769. The molecule has 1 rings (SSSR count). The van der Waals surface area contributed by atoms with Gasteiger partial charge in [-0.1, -0.05) is 27.2 Å².